The molecular weight excluding hydrogens is 192 g/mol. The van der Waals surface area contributed by atoms with Crippen LogP contribution in [0.1, 0.15) is 26.3 Å². The first kappa shape index (κ1) is 10.9. The van der Waals surface area contributed by atoms with Crippen LogP contribution in [0.2, 0.25) is 0 Å². The van der Waals surface area contributed by atoms with Crippen molar-refractivity contribution in [2.75, 3.05) is 0 Å². The molecule has 2 rings (SSSR count). The number of aryl methyl sites for hydroxylation is 1. The first-order chi connectivity index (χ1) is 7.63. The maximum atomic E-state index is 2.30. The number of rotatable bonds is 0. The molecule has 0 heterocycles. The van der Waals surface area contributed by atoms with Gasteiger partial charge in [0.15, 0.2) is 0 Å². The van der Waals surface area contributed by atoms with Gasteiger partial charge in [-0.2, -0.15) is 0 Å². The van der Waals surface area contributed by atoms with E-state index in [1.54, 1.807) is 0 Å². The average molecular weight is 210 g/mol. The van der Waals surface area contributed by atoms with Gasteiger partial charge < -0.3 is 0 Å². The van der Waals surface area contributed by atoms with Crippen LogP contribution in [0, 0.1) is 6.92 Å². The van der Waals surface area contributed by atoms with Gasteiger partial charge in [0.2, 0.25) is 0 Å². The zero-order valence-electron chi connectivity index (χ0n) is 10.5. The molecule has 0 amide bonds. The van der Waals surface area contributed by atoms with Crippen molar-refractivity contribution in [1.29, 1.82) is 0 Å². The number of benzene rings is 2. The Kier molecular flexibility index (Phi) is 2.82. The summed E-state index contributed by atoms with van der Waals surface area (Å²) in [5, 5.41) is 5.39. The minimum Gasteiger partial charge on any atom is -0.0798 e. The third-order valence-electron chi connectivity index (χ3n) is 3.12. The van der Waals surface area contributed by atoms with Crippen LogP contribution in [-0.2, 0) is 0 Å². The molecule has 0 unspecified atom stereocenters. The van der Waals surface area contributed by atoms with Crippen molar-refractivity contribution in [3.63, 3.8) is 0 Å². The summed E-state index contributed by atoms with van der Waals surface area (Å²) in [6, 6.07) is 11.1. The standard InChI is InChI=1S/C16H18/c1-5-13-9-16-12(4)7-6-8-14(16)10-15(13)11(2)3/h5-10H,1-4H3/b13-5-. The molecule has 82 valence electrons. The molecule has 0 nitrogen and oxygen atoms in total. The summed E-state index contributed by atoms with van der Waals surface area (Å²) in [6.07, 6.45) is 2.19. The van der Waals surface area contributed by atoms with Crippen LogP contribution in [-0.4, -0.2) is 0 Å². The molecule has 0 N–H and O–H groups in total. The maximum absolute atomic E-state index is 2.30. The normalized spacial score (nSPS) is 12.1. The van der Waals surface area contributed by atoms with Crippen LogP contribution >= 0.6 is 0 Å². The third-order valence-corrected chi connectivity index (χ3v) is 3.12. The van der Waals surface area contributed by atoms with Crippen molar-refractivity contribution in [1.82, 2.24) is 0 Å². The summed E-state index contributed by atoms with van der Waals surface area (Å²) in [5.74, 6) is 0. The van der Waals surface area contributed by atoms with E-state index in [1.807, 2.05) is 0 Å². The van der Waals surface area contributed by atoms with E-state index in [2.05, 4.69) is 64.1 Å². The summed E-state index contributed by atoms with van der Waals surface area (Å²) in [4.78, 5) is 0. The Morgan fingerprint density at radius 3 is 2.50 bits per heavy atom. The van der Waals surface area contributed by atoms with E-state index < -0.39 is 0 Å². The Hall–Kier alpha value is -1.56. The van der Waals surface area contributed by atoms with Crippen molar-refractivity contribution < 1.29 is 0 Å². The molecule has 2 aromatic carbocycles. The second-order valence-corrected chi connectivity index (χ2v) is 4.52. The third kappa shape index (κ3) is 1.76. The molecule has 0 saturated heterocycles. The Bertz CT molecular complexity index is 642. The fourth-order valence-electron chi connectivity index (χ4n) is 2.17. The fourth-order valence-corrected chi connectivity index (χ4v) is 2.17. The molecule has 16 heavy (non-hydrogen) atoms. The van der Waals surface area contributed by atoms with E-state index in [9.17, 15) is 0 Å². The minimum absolute atomic E-state index is 1.34. The molecule has 0 heteroatoms. The highest BCUT2D eigenvalue weighted by molar-refractivity contribution is 5.86. The highest BCUT2D eigenvalue weighted by Gasteiger charge is 1.97. The van der Waals surface area contributed by atoms with Gasteiger partial charge in [-0.25, -0.2) is 0 Å². The maximum Gasteiger partial charge on any atom is -0.0148 e. The summed E-state index contributed by atoms with van der Waals surface area (Å²) in [6.45, 7) is 8.61. The summed E-state index contributed by atoms with van der Waals surface area (Å²) < 4.78 is 0. The number of fused-ring (bicyclic) bond motifs is 1. The average Bonchev–Trinajstić information content (AvgIpc) is 2.28. The van der Waals surface area contributed by atoms with Crippen LogP contribution in [0.3, 0.4) is 0 Å². The van der Waals surface area contributed by atoms with Crippen molar-refractivity contribution in [3.8, 4) is 0 Å². The first-order valence-corrected chi connectivity index (χ1v) is 5.76. The predicted molar refractivity (Wildman–Crippen MR) is 72.8 cm³/mol. The van der Waals surface area contributed by atoms with Crippen molar-refractivity contribution >= 4 is 22.4 Å². The summed E-state index contributed by atoms with van der Waals surface area (Å²) >= 11 is 0. The molecule has 0 aliphatic heterocycles. The SMILES string of the molecule is C/C=c1/cc2c(C)cccc2cc1=C(C)C. The Labute approximate surface area is 96.9 Å². The smallest absolute Gasteiger partial charge is 0.0148 e. The van der Waals surface area contributed by atoms with Crippen LogP contribution in [0.5, 0.6) is 0 Å². The lowest BCUT2D eigenvalue weighted by Gasteiger charge is -2.03. The van der Waals surface area contributed by atoms with E-state index in [0.29, 0.717) is 0 Å². The van der Waals surface area contributed by atoms with Crippen molar-refractivity contribution in [2.45, 2.75) is 27.7 Å². The molecule has 0 saturated carbocycles. The van der Waals surface area contributed by atoms with Crippen molar-refractivity contribution in [3.05, 3.63) is 46.3 Å². The summed E-state index contributed by atoms with van der Waals surface area (Å²) in [7, 11) is 0. The fraction of sp³-hybridized carbons (Fsp3) is 0.250. The van der Waals surface area contributed by atoms with Gasteiger partial charge >= 0.3 is 0 Å². The van der Waals surface area contributed by atoms with E-state index in [-0.39, 0.29) is 0 Å². The largest absolute Gasteiger partial charge is 0.0798 e. The molecule has 0 aromatic heterocycles. The Morgan fingerprint density at radius 2 is 1.88 bits per heavy atom. The lowest BCUT2D eigenvalue weighted by Crippen LogP contribution is -2.25. The molecule has 0 aliphatic carbocycles. The number of hydrogen-bond acceptors (Lipinski definition) is 0. The monoisotopic (exact) mass is 210 g/mol. The zero-order chi connectivity index (χ0) is 11.7. The van der Waals surface area contributed by atoms with Crippen LogP contribution < -0.4 is 10.4 Å². The molecule has 0 atom stereocenters. The molecule has 0 spiro atoms. The Balaban J connectivity index is 3.05. The van der Waals surface area contributed by atoms with Gasteiger partial charge in [0.05, 0.1) is 0 Å². The van der Waals surface area contributed by atoms with Crippen molar-refractivity contribution in [2.24, 2.45) is 0 Å². The van der Waals surface area contributed by atoms with E-state index in [4.69, 9.17) is 0 Å². The molecule has 2 aromatic rings. The van der Waals surface area contributed by atoms with Crippen LogP contribution in [0.25, 0.3) is 22.4 Å². The van der Waals surface area contributed by atoms with Gasteiger partial charge in [0.25, 0.3) is 0 Å². The second kappa shape index (κ2) is 4.13. The molecular formula is C16H18. The molecule has 0 fully saturated rings. The lowest BCUT2D eigenvalue weighted by molar-refractivity contribution is 1.44. The quantitative estimate of drug-likeness (QED) is 0.626. The van der Waals surface area contributed by atoms with Gasteiger partial charge in [-0.3, -0.25) is 0 Å². The molecule has 0 aliphatic rings. The van der Waals surface area contributed by atoms with Gasteiger partial charge in [-0.05, 0) is 66.6 Å². The van der Waals surface area contributed by atoms with Gasteiger partial charge in [-0.15, -0.1) is 0 Å². The highest BCUT2D eigenvalue weighted by Crippen LogP contribution is 2.14. The predicted octanol–water partition coefficient (Wildman–Crippen LogP) is 3.14. The van der Waals surface area contributed by atoms with Gasteiger partial charge in [-0.1, -0.05) is 29.8 Å². The lowest BCUT2D eigenvalue weighted by atomic mass is 10.0. The topological polar surface area (TPSA) is 0 Å². The zero-order valence-corrected chi connectivity index (χ0v) is 10.5. The summed E-state index contributed by atoms with van der Waals surface area (Å²) in [5.41, 5.74) is 2.72. The first-order valence-electron chi connectivity index (χ1n) is 5.76. The van der Waals surface area contributed by atoms with E-state index in [0.717, 1.165) is 0 Å². The molecule has 0 radical (unpaired) electrons. The van der Waals surface area contributed by atoms with Crippen LogP contribution in [0.4, 0.5) is 0 Å². The van der Waals surface area contributed by atoms with Gasteiger partial charge in [0.1, 0.15) is 0 Å². The highest BCUT2D eigenvalue weighted by atomic mass is 14.0. The molecule has 0 bridgehead atoms. The minimum atomic E-state index is 1.34. The number of hydrogen-bond donors (Lipinski definition) is 0. The van der Waals surface area contributed by atoms with Gasteiger partial charge in [0, 0.05) is 0 Å². The van der Waals surface area contributed by atoms with E-state index >= 15 is 0 Å². The van der Waals surface area contributed by atoms with Crippen LogP contribution in [0.15, 0.2) is 30.3 Å². The Morgan fingerprint density at radius 1 is 1.12 bits per heavy atom. The van der Waals surface area contributed by atoms with E-state index in [1.165, 1.54) is 32.3 Å². The second-order valence-electron chi connectivity index (χ2n) is 4.52.